The van der Waals surface area contributed by atoms with Gasteiger partial charge in [-0.2, -0.15) is 0 Å². The van der Waals surface area contributed by atoms with Gasteiger partial charge in [0.15, 0.2) is 5.69 Å². The van der Waals surface area contributed by atoms with Crippen molar-refractivity contribution in [1.29, 1.82) is 0 Å². The summed E-state index contributed by atoms with van der Waals surface area (Å²) >= 11 is 0. The molecule has 5 heteroatoms. The maximum absolute atomic E-state index is 11.5. The van der Waals surface area contributed by atoms with Crippen LogP contribution in [0.5, 0.6) is 0 Å². The van der Waals surface area contributed by atoms with Gasteiger partial charge >= 0.3 is 0 Å². The average molecular weight is 202 g/mol. The fourth-order valence-corrected chi connectivity index (χ4v) is 1.31. The standard InChI is InChI=1S/C10H10N4O/c1-6-3-11-5-13-8(6)9-10(15)12-4-7(2)14-9/h3-5H,1-2H3,(H,12,15). The van der Waals surface area contributed by atoms with Gasteiger partial charge in [-0.1, -0.05) is 0 Å². The van der Waals surface area contributed by atoms with Crippen molar-refractivity contribution in [3.63, 3.8) is 0 Å². The van der Waals surface area contributed by atoms with E-state index in [1.54, 1.807) is 12.4 Å². The summed E-state index contributed by atoms with van der Waals surface area (Å²) in [6, 6.07) is 0. The third-order valence-corrected chi connectivity index (χ3v) is 2.03. The molecule has 2 heterocycles. The van der Waals surface area contributed by atoms with Crippen LogP contribution in [0.4, 0.5) is 0 Å². The SMILES string of the molecule is Cc1c[nH]c(=O)c(-c2ncncc2C)n1. The highest BCUT2D eigenvalue weighted by Gasteiger charge is 2.09. The second-order valence-electron chi connectivity index (χ2n) is 3.27. The lowest BCUT2D eigenvalue weighted by Crippen LogP contribution is -2.13. The van der Waals surface area contributed by atoms with Gasteiger partial charge in [0.25, 0.3) is 5.56 Å². The molecular weight excluding hydrogens is 192 g/mol. The molecule has 0 fully saturated rings. The Balaban J connectivity index is 2.69. The van der Waals surface area contributed by atoms with E-state index < -0.39 is 0 Å². The van der Waals surface area contributed by atoms with Gasteiger partial charge in [-0.05, 0) is 19.4 Å². The maximum Gasteiger partial charge on any atom is 0.276 e. The molecule has 0 bridgehead atoms. The summed E-state index contributed by atoms with van der Waals surface area (Å²) in [4.78, 5) is 26.3. The molecule has 1 N–H and O–H groups in total. The van der Waals surface area contributed by atoms with Crippen molar-refractivity contribution in [2.24, 2.45) is 0 Å². The number of aryl methyl sites for hydroxylation is 2. The van der Waals surface area contributed by atoms with Gasteiger partial charge in [-0.15, -0.1) is 0 Å². The quantitative estimate of drug-likeness (QED) is 0.743. The number of H-pyrrole nitrogens is 1. The summed E-state index contributed by atoms with van der Waals surface area (Å²) < 4.78 is 0. The largest absolute Gasteiger partial charge is 0.325 e. The van der Waals surface area contributed by atoms with E-state index in [1.807, 2.05) is 13.8 Å². The van der Waals surface area contributed by atoms with Gasteiger partial charge in [0.05, 0.1) is 5.69 Å². The molecule has 76 valence electrons. The van der Waals surface area contributed by atoms with E-state index in [0.717, 1.165) is 11.3 Å². The van der Waals surface area contributed by atoms with Gasteiger partial charge in [0.1, 0.15) is 12.0 Å². The lowest BCUT2D eigenvalue weighted by Gasteiger charge is -2.02. The monoisotopic (exact) mass is 202 g/mol. The third kappa shape index (κ3) is 1.76. The van der Waals surface area contributed by atoms with Crippen molar-refractivity contribution in [2.45, 2.75) is 13.8 Å². The predicted octanol–water partition coefficient (Wildman–Crippen LogP) is 0.844. The van der Waals surface area contributed by atoms with Crippen molar-refractivity contribution in [1.82, 2.24) is 19.9 Å². The molecule has 0 radical (unpaired) electrons. The van der Waals surface area contributed by atoms with Crippen LogP contribution >= 0.6 is 0 Å². The Morgan fingerprint density at radius 1 is 1.27 bits per heavy atom. The van der Waals surface area contributed by atoms with Crippen LogP contribution in [-0.2, 0) is 0 Å². The first-order chi connectivity index (χ1) is 7.18. The summed E-state index contributed by atoms with van der Waals surface area (Å²) in [6.07, 6.45) is 4.64. The van der Waals surface area contributed by atoms with Crippen molar-refractivity contribution in [3.05, 3.63) is 40.3 Å². The fourth-order valence-electron chi connectivity index (χ4n) is 1.31. The van der Waals surface area contributed by atoms with Gasteiger partial charge in [0, 0.05) is 12.4 Å². The van der Waals surface area contributed by atoms with Crippen LogP contribution < -0.4 is 5.56 Å². The molecule has 0 spiro atoms. The highest BCUT2D eigenvalue weighted by Crippen LogP contribution is 2.12. The van der Waals surface area contributed by atoms with Gasteiger partial charge in [-0.25, -0.2) is 15.0 Å². The minimum Gasteiger partial charge on any atom is -0.325 e. The molecule has 0 atom stereocenters. The lowest BCUT2D eigenvalue weighted by atomic mass is 10.2. The van der Waals surface area contributed by atoms with E-state index in [2.05, 4.69) is 19.9 Å². The number of hydrogen-bond acceptors (Lipinski definition) is 4. The van der Waals surface area contributed by atoms with Gasteiger partial charge in [0.2, 0.25) is 0 Å². The lowest BCUT2D eigenvalue weighted by molar-refractivity contribution is 1.05. The van der Waals surface area contributed by atoms with E-state index in [9.17, 15) is 4.79 Å². The molecular formula is C10H10N4O. The van der Waals surface area contributed by atoms with Crippen LogP contribution in [0.15, 0.2) is 23.5 Å². The van der Waals surface area contributed by atoms with Crippen LogP contribution in [0.25, 0.3) is 11.4 Å². The molecule has 0 unspecified atom stereocenters. The normalized spacial score (nSPS) is 10.3. The number of aromatic amines is 1. The zero-order valence-electron chi connectivity index (χ0n) is 8.48. The maximum atomic E-state index is 11.5. The van der Waals surface area contributed by atoms with E-state index >= 15 is 0 Å². The van der Waals surface area contributed by atoms with E-state index in [-0.39, 0.29) is 5.56 Å². The van der Waals surface area contributed by atoms with Crippen molar-refractivity contribution < 1.29 is 0 Å². The van der Waals surface area contributed by atoms with Crippen LogP contribution in [-0.4, -0.2) is 19.9 Å². The van der Waals surface area contributed by atoms with Crippen molar-refractivity contribution >= 4 is 0 Å². The first-order valence-corrected chi connectivity index (χ1v) is 4.52. The summed E-state index contributed by atoms with van der Waals surface area (Å²) in [5.41, 5.74) is 2.27. The molecule has 0 aliphatic heterocycles. The number of nitrogens with zero attached hydrogens (tertiary/aromatic N) is 3. The van der Waals surface area contributed by atoms with Crippen molar-refractivity contribution in [3.8, 4) is 11.4 Å². The molecule has 2 rings (SSSR count). The Morgan fingerprint density at radius 2 is 2.07 bits per heavy atom. The Labute approximate surface area is 86.3 Å². The minimum absolute atomic E-state index is 0.234. The van der Waals surface area contributed by atoms with Gasteiger partial charge in [-0.3, -0.25) is 4.79 Å². The number of hydrogen-bond donors (Lipinski definition) is 1. The summed E-state index contributed by atoms with van der Waals surface area (Å²) in [7, 11) is 0. The van der Waals surface area contributed by atoms with Crippen molar-refractivity contribution in [2.75, 3.05) is 0 Å². The predicted molar refractivity (Wildman–Crippen MR) is 55.4 cm³/mol. The van der Waals surface area contributed by atoms with E-state index in [4.69, 9.17) is 0 Å². The highest BCUT2D eigenvalue weighted by molar-refractivity contribution is 5.56. The Kier molecular flexibility index (Phi) is 2.29. The second-order valence-corrected chi connectivity index (χ2v) is 3.27. The molecule has 2 aromatic rings. The van der Waals surface area contributed by atoms with E-state index in [1.165, 1.54) is 6.33 Å². The number of rotatable bonds is 1. The average Bonchev–Trinajstić information content (AvgIpc) is 2.23. The molecule has 0 aromatic carbocycles. The zero-order valence-corrected chi connectivity index (χ0v) is 8.48. The topological polar surface area (TPSA) is 71.5 Å². The summed E-state index contributed by atoms with van der Waals surface area (Å²) in [6.45, 7) is 3.66. The summed E-state index contributed by atoms with van der Waals surface area (Å²) in [5, 5.41) is 0. The van der Waals surface area contributed by atoms with Crippen LogP contribution in [0.1, 0.15) is 11.3 Å². The number of nitrogens with one attached hydrogen (secondary N) is 1. The molecule has 0 aliphatic rings. The third-order valence-electron chi connectivity index (χ3n) is 2.03. The Morgan fingerprint density at radius 3 is 2.80 bits per heavy atom. The van der Waals surface area contributed by atoms with E-state index in [0.29, 0.717) is 11.4 Å². The smallest absolute Gasteiger partial charge is 0.276 e. The molecule has 0 aliphatic carbocycles. The first-order valence-electron chi connectivity index (χ1n) is 4.52. The minimum atomic E-state index is -0.234. The second kappa shape index (κ2) is 3.61. The highest BCUT2D eigenvalue weighted by atomic mass is 16.1. The first kappa shape index (κ1) is 9.51. The van der Waals surface area contributed by atoms with Crippen LogP contribution in [0, 0.1) is 13.8 Å². The summed E-state index contributed by atoms with van der Waals surface area (Å²) in [5.74, 6) is 0. The number of aromatic nitrogens is 4. The Hall–Kier alpha value is -2.04. The molecule has 0 saturated carbocycles. The molecule has 15 heavy (non-hydrogen) atoms. The molecule has 2 aromatic heterocycles. The van der Waals surface area contributed by atoms with Crippen LogP contribution in [0.3, 0.4) is 0 Å². The van der Waals surface area contributed by atoms with Gasteiger partial charge < -0.3 is 4.98 Å². The fraction of sp³-hybridized carbons (Fsp3) is 0.200. The Bertz CT molecular complexity index is 547. The molecule has 0 saturated heterocycles. The van der Waals surface area contributed by atoms with Crippen LogP contribution in [0.2, 0.25) is 0 Å². The molecule has 5 nitrogen and oxygen atoms in total. The zero-order chi connectivity index (χ0) is 10.8. The molecule has 0 amide bonds.